The van der Waals surface area contributed by atoms with Crippen molar-refractivity contribution in [2.45, 2.75) is 52.0 Å². The molecule has 242 valence electrons. The Morgan fingerprint density at radius 3 is 2.26 bits per heavy atom. The average molecular weight is 624 g/mol. The van der Waals surface area contributed by atoms with E-state index in [0.717, 1.165) is 55.0 Å². The molecule has 2 heterocycles. The van der Waals surface area contributed by atoms with Crippen LogP contribution in [0.2, 0.25) is 0 Å². The zero-order valence-corrected chi connectivity index (χ0v) is 27.6. The third-order valence-corrected chi connectivity index (χ3v) is 9.67. The van der Waals surface area contributed by atoms with E-state index >= 15 is 0 Å². The van der Waals surface area contributed by atoms with Crippen molar-refractivity contribution in [2.24, 2.45) is 11.3 Å². The van der Waals surface area contributed by atoms with E-state index < -0.39 is 6.04 Å². The molecule has 0 radical (unpaired) electrons. The van der Waals surface area contributed by atoms with E-state index in [4.69, 9.17) is 14.2 Å². The number of rotatable bonds is 8. The monoisotopic (exact) mass is 623 g/mol. The number of carbonyl (C=O) groups is 2. The van der Waals surface area contributed by atoms with Crippen molar-refractivity contribution in [1.82, 2.24) is 4.90 Å². The molecule has 3 aliphatic rings. The molecule has 1 aliphatic carbocycles. The van der Waals surface area contributed by atoms with Crippen LogP contribution < -0.4 is 24.4 Å². The third-order valence-electron chi connectivity index (χ3n) is 9.67. The number of piperidine rings is 1. The number of amides is 1. The minimum Gasteiger partial charge on any atom is -0.493 e. The molecule has 3 aromatic carbocycles. The highest BCUT2D eigenvalue weighted by atomic mass is 16.5. The van der Waals surface area contributed by atoms with Gasteiger partial charge in [-0.25, -0.2) is 0 Å². The van der Waals surface area contributed by atoms with E-state index in [0.29, 0.717) is 41.6 Å². The van der Waals surface area contributed by atoms with Crippen LogP contribution in [-0.4, -0.2) is 57.6 Å². The molecule has 3 aromatic rings. The number of hydrogen-bond acceptors (Lipinski definition) is 7. The summed E-state index contributed by atoms with van der Waals surface area (Å²) in [5, 5.41) is 3.64. The molecule has 2 aliphatic heterocycles. The molecule has 0 aromatic heterocycles. The van der Waals surface area contributed by atoms with Crippen LogP contribution in [0.5, 0.6) is 17.2 Å². The summed E-state index contributed by atoms with van der Waals surface area (Å²) in [6.07, 6.45) is 4.08. The number of hydrogen-bond donors (Lipinski definition) is 1. The number of nitrogens with zero attached hydrogens (tertiary/aromatic N) is 2. The Morgan fingerprint density at radius 1 is 0.870 bits per heavy atom. The number of benzene rings is 3. The molecule has 0 bridgehead atoms. The molecule has 1 N–H and O–H groups in total. The summed E-state index contributed by atoms with van der Waals surface area (Å²) in [6, 6.07) is 21.8. The lowest BCUT2D eigenvalue weighted by Crippen LogP contribution is -2.46. The number of anilines is 2. The van der Waals surface area contributed by atoms with E-state index in [2.05, 4.69) is 48.3 Å². The molecule has 0 spiro atoms. The Bertz CT molecular complexity index is 1620. The molecular formula is C38H45N3O5. The summed E-state index contributed by atoms with van der Waals surface area (Å²) in [7, 11) is 4.76. The summed E-state index contributed by atoms with van der Waals surface area (Å²) in [5.41, 5.74) is 5.15. The van der Waals surface area contributed by atoms with Gasteiger partial charge in [-0.1, -0.05) is 56.3 Å². The molecular weight excluding hydrogens is 578 g/mol. The first-order valence-electron chi connectivity index (χ1n) is 16.2. The van der Waals surface area contributed by atoms with E-state index in [1.165, 1.54) is 5.56 Å². The third kappa shape index (κ3) is 6.17. The highest BCUT2D eigenvalue weighted by Crippen LogP contribution is 2.52. The summed E-state index contributed by atoms with van der Waals surface area (Å²) < 4.78 is 17.4. The van der Waals surface area contributed by atoms with Crippen LogP contribution in [0.25, 0.3) is 0 Å². The number of ether oxygens (including phenoxy) is 3. The number of para-hydroxylation sites is 2. The van der Waals surface area contributed by atoms with Crippen molar-refractivity contribution in [3.05, 3.63) is 89.1 Å². The molecule has 46 heavy (non-hydrogen) atoms. The zero-order valence-electron chi connectivity index (χ0n) is 27.6. The fourth-order valence-corrected chi connectivity index (χ4v) is 7.47. The van der Waals surface area contributed by atoms with E-state index in [9.17, 15) is 9.59 Å². The Morgan fingerprint density at radius 2 is 1.57 bits per heavy atom. The van der Waals surface area contributed by atoms with E-state index in [-0.39, 0.29) is 23.7 Å². The van der Waals surface area contributed by atoms with Gasteiger partial charge >= 0.3 is 0 Å². The fourth-order valence-electron chi connectivity index (χ4n) is 7.47. The number of nitrogens with one attached hydrogen (secondary N) is 1. The Hall–Kier alpha value is -4.46. The van der Waals surface area contributed by atoms with Crippen LogP contribution >= 0.6 is 0 Å². The second kappa shape index (κ2) is 13.1. The van der Waals surface area contributed by atoms with Crippen LogP contribution in [0, 0.1) is 11.3 Å². The number of allylic oxidation sites excluding steroid dienone is 1. The number of fused-ring (bicyclic) bond motifs is 1. The van der Waals surface area contributed by atoms with Crippen LogP contribution in [0.4, 0.5) is 11.4 Å². The highest BCUT2D eigenvalue weighted by molar-refractivity contribution is 6.02. The lowest BCUT2D eigenvalue weighted by Gasteiger charge is -2.40. The topological polar surface area (TPSA) is 80.3 Å². The maximum Gasteiger partial charge on any atom is 0.242 e. The first-order valence-corrected chi connectivity index (χ1v) is 16.2. The van der Waals surface area contributed by atoms with Crippen LogP contribution in [0.15, 0.2) is 78.0 Å². The van der Waals surface area contributed by atoms with E-state index in [1.807, 2.05) is 47.4 Å². The average Bonchev–Trinajstić information content (AvgIpc) is 3.18. The maximum atomic E-state index is 14.2. The Kier molecular flexibility index (Phi) is 8.98. The smallest absolute Gasteiger partial charge is 0.242 e. The van der Waals surface area contributed by atoms with Gasteiger partial charge in [0.25, 0.3) is 0 Å². The van der Waals surface area contributed by atoms with Crippen LogP contribution in [0.1, 0.15) is 56.7 Å². The molecule has 1 fully saturated rings. The summed E-state index contributed by atoms with van der Waals surface area (Å²) >= 11 is 0. The molecule has 0 saturated carbocycles. The van der Waals surface area contributed by atoms with Gasteiger partial charge in [0.15, 0.2) is 17.3 Å². The molecule has 1 amide bonds. The van der Waals surface area contributed by atoms with Gasteiger partial charge in [-0.3, -0.25) is 9.59 Å². The van der Waals surface area contributed by atoms with Gasteiger partial charge in [0.2, 0.25) is 11.7 Å². The van der Waals surface area contributed by atoms with Gasteiger partial charge in [-0.2, -0.15) is 0 Å². The van der Waals surface area contributed by atoms with E-state index in [1.54, 1.807) is 21.3 Å². The van der Waals surface area contributed by atoms with Gasteiger partial charge in [0, 0.05) is 36.3 Å². The molecule has 1 unspecified atom stereocenters. The fraction of sp³-hybridized carbons (Fsp3) is 0.421. The van der Waals surface area contributed by atoms with Gasteiger partial charge in [0.1, 0.15) is 0 Å². The zero-order chi connectivity index (χ0) is 32.4. The predicted octanol–water partition coefficient (Wildman–Crippen LogP) is 6.81. The van der Waals surface area contributed by atoms with Gasteiger partial charge < -0.3 is 29.3 Å². The van der Waals surface area contributed by atoms with Crippen LogP contribution in [-0.2, 0) is 16.0 Å². The number of Topliss-reactive ketones (excluding diaryl/α,β-unsaturated/α-hetero) is 1. The Labute approximate surface area is 272 Å². The number of ketones is 1. The van der Waals surface area contributed by atoms with Crippen molar-refractivity contribution in [3.63, 3.8) is 0 Å². The van der Waals surface area contributed by atoms with Gasteiger partial charge in [-0.15, -0.1) is 0 Å². The van der Waals surface area contributed by atoms with Crippen molar-refractivity contribution in [1.29, 1.82) is 0 Å². The lowest BCUT2D eigenvalue weighted by molar-refractivity contribution is -0.131. The normalized spacial score (nSPS) is 19.5. The Balaban J connectivity index is 1.40. The molecule has 1 atom stereocenters. The van der Waals surface area contributed by atoms with Crippen molar-refractivity contribution in [2.75, 3.05) is 51.2 Å². The minimum atomic E-state index is -0.593. The lowest BCUT2D eigenvalue weighted by atomic mass is 9.73. The molecule has 8 nitrogen and oxygen atoms in total. The van der Waals surface area contributed by atoms with Crippen molar-refractivity contribution in [3.8, 4) is 17.2 Å². The molecule has 8 heteroatoms. The predicted molar refractivity (Wildman–Crippen MR) is 181 cm³/mol. The van der Waals surface area contributed by atoms with Crippen molar-refractivity contribution >= 4 is 23.1 Å². The number of methoxy groups -OCH3 is 3. The summed E-state index contributed by atoms with van der Waals surface area (Å²) in [4.78, 5) is 32.5. The maximum absolute atomic E-state index is 14.2. The largest absolute Gasteiger partial charge is 0.493 e. The van der Waals surface area contributed by atoms with Gasteiger partial charge in [0.05, 0.1) is 45.3 Å². The van der Waals surface area contributed by atoms with Gasteiger partial charge in [-0.05, 0) is 66.8 Å². The van der Waals surface area contributed by atoms with Crippen LogP contribution in [0.3, 0.4) is 0 Å². The molecule has 6 rings (SSSR count). The summed E-state index contributed by atoms with van der Waals surface area (Å²) in [5.74, 6) is 2.12. The van der Waals surface area contributed by atoms with Crippen molar-refractivity contribution < 1.29 is 23.8 Å². The molecule has 1 saturated heterocycles. The summed E-state index contributed by atoms with van der Waals surface area (Å²) in [6.45, 7) is 5.80. The quantitative estimate of drug-likeness (QED) is 0.295. The highest BCUT2D eigenvalue weighted by Gasteiger charge is 2.44. The number of likely N-dealkylation sites (tertiary alicyclic amines) is 1. The first kappa shape index (κ1) is 31.5. The first-order chi connectivity index (χ1) is 22.2. The second-order valence-electron chi connectivity index (χ2n) is 13.4. The SMILES string of the molecule is COc1ccc(C2C3=C(CC(C)(C)CC3=O)Nc3ccccc3N2CC(=O)N2CCC(Cc3ccccc3)CC2)c(OC)c1OC. The standard InChI is InChI=1S/C38H45N3O5/c1-38(2)22-29-34(31(42)23-38)35(27-15-16-32(44-3)37(46-5)36(27)45-4)41(30-14-10-9-13-28(30)39-29)24-33(43)40-19-17-26(18-20-40)21-25-11-7-6-8-12-25/h6-16,26,35,39H,17-24H2,1-5H3. The second-order valence-corrected chi connectivity index (χ2v) is 13.4. The number of carbonyl (C=O) groups excluding carboxylic acids is 2. The minimum absolute atomic E-state index is 0.0463.